The molecule has 3 aliphatic rings. The van der Waals surface area contributed by atoms with E-state index in [0.29, 0.717) is 0 Å². The fourth-order valence-electron chi connectivity index (χ4n) is 4.88. The van der Waals surface area contributed by atoms with Gasteiger partial charge in [0.2, 0.25) is 0 Å². The summed E-state index contributed by atoms with van der Waals surface area (Å²) in [6.45, 7) is 9.88. The Kier molecular flexibility index (Phi) is 5.36. The Morgan fingerprint density at radius 1 is 1.03 bits per heavy atom. The standard InChI is InChI=1S/C25H33N3O/c1-19-5-4-6-21(15-19)28-12-10-27(11-13-28)9-2-3-14-29-22-7-8-23-24-16-20(24)18-26-25(23)17-22/h4-8,15,17,20,24,26H,2-3,9-14,16,18H2,1H3. The lowest BCUT2D eigenvalue weighted by molar-refractivity contribution is 0.238. The highest BCUT2D eigenvalue weighted by Gasteiger charge is 2.42. The fraction of sp³-hybridized carbons (Fsp3) is 0.520. The molecule has 5 rings (SSSR count). The minimum absolute atomic E-state index is 0.812. The largest absolute Gasteiger partial charge is 0.494 e. The molecule has 2 fully saturated rings. The maximum Gasteiger partial charge on any atom is 0.121 e. The minimum Gasteiger partial charge on any atom is -0.494 e. The molecule has 2 aliphatic heterocycles. The van der Waals surface area contributed by atoms with Gasteiger partial charge in [-0.25, -0.2) is 0 Å². The number of piperazine rings is 1. The Morgan fingerprint density at radius 3 is 2.79 bits per heavy atom. The SMILES string of the molecule is Cc1cccc(N2CCN(CCCCOc3ccc4c(c3)NCC3CC43)CC2)c1. The summed E-state index contributed by atoms with van der Waals surface area (Å²) in [6, 6.07) is 15.5. The molecule has 1 N–H and O–H groups in total. The summed E-state index contributed by atoms with van der Waals surface area (Å²) in [5, 5.41) is 3.57. The maximum atomic E-state index is 6.03. The Balaban J connectivity index is 1.00. The van der Waals surface area contributed by atoms with Crippen LogP contribution in [0, 0.1) is 12.8 Å². The molecule has 2 unspecified atom stereocenters. The van der Waals surface area contributed by atoms with Crippen molar-refractivity contribution in [3.8, 4) is 5.75 Å². The molecule has 4 nitrogen and oxygen atoms in total. The van der Waals surface area contributed by atoms with Gasteiger partial charge in [0.25, 0.3) is 0 Å². The van der Waals surface area contributed by atoms with Crippen molar-refractivity contribution in [1.82, 2.24) is 4.90 Å². The molecule has 154 valence electrons. The van der Waals surface area contributed by atoms with Gasteiger partial charge in [0, 0.05) is 50.2 Å². The number of aryl methyl sites for hydroxylation is 1. The van der Waals surface area contributed by atoms with Crippen molar-refractivity contribution in [3.05, 3.63) is 53.6 Å². The van der Waals surface area contributed by atoms with Crippen molar-refractivity contribution in [3.63, 3.8) is 0 Å². The zero-order chi connectivity index (χ0) is 19.6. The summed E-state index contributed by atoms with van der Waals surface area (Å²) in [5.74, 6) is 2.71. The molecule has 4 heteroatoms. The highest BCUT2D eigenvalue weighted by molar-refractivity contribution is 5.60. The van der Waals surface area contributed by atoms with E-state index in [9.17, 15) is 0 Å². The Bertz CT molecular complexity index is 844. The van der Waals surface area contributed by atoms with Crippen molar-refractivity contribution in [1.29, 1.82) is 0 Å². The van der Waals surface area contributed by atoms with Crippen LogP contribution in [-0.2, 0) is 0 Å². The first-order valence-corrected chi connectivity index (χ1v) is 11.3. The molecule has 29 heavy (non-hydrogen) atoms. The number of anilines is 2. The summed E-state index contributed by atoms with van der Waals surface area (Å²) in [7, 11) is 0. The molecule has 2 aromatic rings. The predicted octanol–water partition coefficient (Wildman–Crippen LogP) is 4.51. The molecule has 2 heterocycles. The first-order valence-electron chi connectivity index (χ1n) is 11.3. The van der Waals surface area contributed by atoms with Gasteiger partial charge in [-0.3, -0.25) is 4.90 Å². The number of unbranched alkanes of at least 4 members (excludes halogenated alkanes) is 1. The summed E-state index contributed by atoms with van der Waals surface area (Å²) in [6.07, 6.45) is 3.68. The fourth-order valence-corrected chi connectivity index (χ4v) is 4.88. The van der Waals surface area contributed by atoms with Gasteiger partial charge in [-0.05, 0) is 73.9 Å². The highest BCUT2D eigenvalue weighted by Crippen LogP contribution is 2.53. The van der Waals surface area contributed by atoms with E-state index in [1.165, 1.54) is 41.9 Å². The van der Waals surface area contributed by atoms with Gasteiger partial charge in [-0.2, -0.15) is 0 Å². The maximum absolute atomic E-state index is 6.03. The van der Waals surface area contributed by atoms with Gasteiger partial charge in [-0.15, -0.1) is 0 Å². The number of benzene rings is 2. The number of rotatable bonds is 7. The molecule has 0 spiro atoms. The average molecular weight is 392 g/mol. The van der Waals surface area contributed by atoms with E-state index in [1.807, 2.05) is 0 Å². The second-order valence-electron chi connectivity index (χ2n) is 8.96. The molecule has 1 saturated carbocycles. The van der Waals surface area contributed by atoms with Gasteiger partial charge >= 0.3 is 0 Å². The number of hydrogen-bond acceptors (Lipinski definition) is 4. The average Bonchev–Trinajstić information content (AvgIpc) is 3.54. The zero-order valence-electron chi connectivity index (χ0n) is 17.6. The quantitative estimate of drug-likeness (QED) is 0.703. The number of fused-ring (bicyclic) bond motifs is 3. The van der Waals surface area contributed by atoms with Crippen molar-refractivity contribution < 1.29 is 4.74 Å². The van der Waals surface area contributed by atoms with Gasteiger partial charge in [0.1, 0.15) is 5.75 Å². The van der Waals surface area contributed by atoms with Crippen molar-refractivity contribution >= 4 is 11.4 Å². The Labute approximate surface area is 174 Å². The Morgan fingerprint density at radius 2 is 1.93 bits per heavy atom. The molecule has 0 amide bonds. The second-order valence-corrected chi connectivity index (χ2v) is 8.96. The van der Waals surface area contributed by atoms with Crippen LogP contribution in [0.2, 0.25) is 0 Å². The number of nitrogens with zero attached hydrogens (tertiary/aromatic N) is 2. The number of ether oxygens (including phenoxy) is 1. The van der Waals surface area contributed by atoms with Crippen LogP contribution in [0.25, 0.3) is 0 Å². The lowest BCUT2D eigenvalue weighted by Crippen LogP contribution is -2.46. The van der Waals surface area contributed by atoms with Crippen LogP contribution in [0.5, 0.6) is 5.75 Å². The van der Waals surface area contributed by atoms with Crippen LogP contribution in [0.1, 0.15) is 36.3 Å². The van der Waals surface area contributed by atoms with Crippen LogP contribution in [0.15, 0.2) is 42.5 Å². The minimum atomic E-state index is 0.812. The normalized spacial score (nSPS) is 23.1. The lowest BCUT2D eigenvalue weighted by atomic mass is 10.0. The second kappa shape index (κ2) is 8.27. The van der Waals surface area contributed by atoms with E-state index in [2.05, 4.69) is 64.5 Å². The molecule has 1 aliphatic carbocycles. The van der Waals surface area contributed by atoms with E-state index in [0.717, 1.165) is 63.3 Å². The Hall–Kier alpha value is -2.20. The van der Waals surface area contributed by atoms with Gasteiger partial charge in [0.15, 0.2) is 0 Å². The van der Waals surface area contributed by atoms with Gasteiger partial charge in [0.05, 0.1) is 6.61 Å². The van der Waals surface area contributed by atoms with Crippen LogP contribution < -0.4 is 15.0 Å². The van der Waals surface area contributed by atoms with Gasteiger partial charge in [-0.1, -0.05) is 18.2 Å². The zero-order valence-corrected chi connectivity index (χ0v) is 17.6. The molecule has 1 saturated heterocycles. The first kappa shape index (κ1) is 18.8. The van der Waals surface area contributed by atoms with Crippen molar-refractivity contribution in [2.75, 3.05) is 56.1 Å². The van der Waals surface area contributed by atoms with Crippen molar-refractivity contribution in [2.24, 2.45) is 5.92 Å². The van der Waals surface area contributed by atoms with Crippen molar-refractivity contribution in [2.45, 2.75) is 32.1 Å². The number of nitrogens with one attached hydrogen (secondary N) is 1. The van der Waals surface area contributed by atoms with Crippen LogP contribution in [0.3, 0.4) is 0 Å². The molecule has 2 atom stereocenters. The van der Waals surface area contributed by atoms with E-state index in [4.69, 9.17) is 4.74 Å². The number of hydrogen-bond donors (Lipinski definition) is 1. The third-order valence-electron chi connectivity index (χ3n) is 6.78. The smallest absolute Gasteiger partial charge is 0.121 e. The summed E-state index contributed by atoms with van der Waals surface area (Å²) in [5.41, 5.74) is 5.51. The van der Waals surface area contributed by atoms with E-state index in [1.54, 1.807) is 0 Å². The van der Waals surface area contributed by atoms with E-state index < -0.39 is 0 Å². The lowest BCUT2D eigenvalue weighted by Gasteiger charge is -2.36. The van der Waals surface area contributed by atoms with Crippen LogP contribution in [-0.4, -0.2) is 50.8 Å². The highest BCUT2D eigenvalue weighted by atomic mass is 16.5. The topological polar surface area (TPSA) is 27.7 Å². The molecule has 2 aromatic carbocycles. The van der Waals surface area contributed by atoms with E-state index >= 15 is 0 Å². The summed E-state index contributed by atoms with van der Waals surface area (Å²) < 4.78 is 6.03. The summed E-state index contributed by atoms with van der Waals surface area (Å²) >= 11 is 0. The monoisotopic (exact) mass is 391 g/mol. The summed E-state index contributed by atoms with van der Waals surface area (Å²) in [4.78, 5) is 5.11. The van der Waals surface area contributed by atoms with Crippen LogP contribution >= 0.6 is 0 Å². The molecular formula is C25H33N3O. The molecule has 0 radical (unpaired) electrons. The third-order valence-corrected chi connectivity index (χ3v) is 6.78. The first-order chi connectivity index (χ1) is 14.3. The third kappa shape index (κ3) is 4.37. The predicted molar refractivity (Wildman–Crippen MR) is 120 cm³/mol. The van der Waals surface area contributed by atoms with Crippen LogP contribution in [0.4, 0.5) is 11.4 Å². The molecule has 0 aromatic heterocycles. The van der Waals surface area contributed by atoms with Gasteiger partial charge < -0.3 is 15.0 Å². The van der Waals surface area contributed by atoms with E-state index in [-0.39, 0.29) is 0 Å². The molecular weight excluding hydrogens is 358 g/mol. The molecule has 0 bridgehead atoms.